The van der Waals surface area contributed by atoms with Crippen molar-refractivity contribution >= 4 is 19.8 Å². The number of hydrogen-bond acceptors (Lipinski definition) is 9. The molecule has 0 radical (unpaired) electrons. The van der Waals surface area contributed by atoms with Crippen molar-refractivity contribution in [1.82, 2.24) is 0 Å². The molecule has 0 fully saturated rings. The molecule has 0 aromatic heterocycles. The summed E-state index contributed by atoms with van der Waals surface area (Å²) in [5.74, 6) is -1.07. The Balaban J connectivity index is 3.94. The first-order valence-corrected chi connectivity index (χ1v) is 16.9. The number of ether oxygens (including phenoxy) is 2. The second-order valence-electron chi connectivity index (χ2n) is 10.1. The van der Waals surface area contributed by atoms with E-state index in [1.165, 1.54) is 12.8 Å². The highest BCUT2D eigenvalue weighted by atomic mass is 31.2. The zero-order valence-corrected chi connectivity index (χ0v) is 26.6. The average Bonchev–Trinajstić information content (AvgIpc) is 2.97. The molecule has 0 heterocycles. The van der Waals surface area contributed by atoms with Gasteiger partial charge in [0.2, 0.25) is 0 Å². The fourth-order valence-electron chi connectivity index (χ4n) is 3.69. The van der Waals surface area contributed by atoms with Crippen molar-refractivity contribution in [3.63, 3.8) is 0 Å². The van der Waals surface area contributed by atoms with Crippen molar-refractivity contribution in [2.45, 2.75) is 122 Å². The molecule has 0 saturated heterocycles. The summed E-state index contributed by atoms with van der Waals surface area (Å²) in [6.45, 7) is 1.74. The Labute approximate surface area is 252 Å². The Morgan fingerprint density at radius 1 is 0.667 bits per heavy atom. The lowest BCUT2D eigenvalue weighted by atomic mass is 10.1. The number of rotatable bonds is 28. The predicted molar refractivity (Wildman–Crippen MR) is 164 cm³/mol. The molecule has 42 heavy (non-hydrogen) atoms. The van der Waals surface area contributed by atoms with Gasteiger partial charge in [0.25, 0.3) is 0 Å². The molecule has 0 rings (SSSR count). The maximum Gasteiger partial charge on any atom is 0.472 e. The molecule has 0 bridgehead atoms. The van der Waals surface area contributed by atoms with Gasteiger partial charge in [0, 0.05) is 12.8 Å². The number of aliphatic hydroxyl groups excluding tert-OH is 2. The monoisotopic (exact) mass is 618 g/mol. The third kappa shape index (κ3) is 25.9. The zero-order chi connectivity index (χ0) is 31.3. The predicted octanol–water partition coefficient (Wildman–Crippen LogP) is 6.49. The smallest absolute Gasteiger partial charge is 0.457 e. The van der Waals surface area contributed by atoms with Crippen LogP contribution in [0.15, 0.2) is 36.5 Å². The van der Waals surface area contributed by atoms with E-state index in [1.54, 1.807) is 0 Å². The Morgan fingerprint density at radius 2 is 1.12 bits per heavy atom. The number of carbonyl (C=O) groups is 2. The SMILES string of the molecule is CC/C=C\C/C=C\C/C=C\CCCCCCCCCC(=O)OC(CO)COP(=O)(O)OCC(CO)OC(=O)CCCC. The van der Waals surface area contributed by atoms with Crippen molar-refractivity contribution < 1.29 is 47.8 Å². The van der Waals surface area contributed by atoms with Crippen LogP contribution in [-0.4, -0.2) is 65.7 Å². The van der Waals surface area contributed by atoms with Gasteiger partial charge in [-0.05, 0) is 44.9 Å². The van der Waals surface area contributed by atoms with Gasteiger partial charge in [0.1, 0.15) is 12.2 Å². The van der Waals surface area contributed by atoms with Gasteiger partial charge < -0.3 is 24.6 Å². The molecule has 0 aliphatic rings. The maximum absolute atomic E-state index is 12.1. The molecule has 0 aliphatic carbocycles. The van der Waals surface area contributed by atoms with Crippen molar-refractivity contribution in [3.05, 3.63) is 36.5 Å². The van der Waals surface area contributed by atoms with Gasteiger partial charge in [-0.3, -0.25) is 18.6 Å². The van der Waals surface area contributed by atoms with Crippen LogP contribution in [0.2, 0.25) is 0 Å². The fourth-order valence-corrected chi connectivity index (χ4v) is 4.48. The summed E-state index contributed by atoms with van der Waals surface area (Å²) in [5.41, 5.74) is 0. The van der Waals surface area contributed by atoms with Crippen LogP contribution in [0.1, 0.15) is 110 Å². The molecule has 0 spiro atoms. The van der Waals surface area contributed by atoms with E-state index in [4.69, 9.17) is 18.5 Å². The lowest BCUT2D eigenvalue weighted by molar-refractivity contribution is -0.153. The van der Waals surface area contributed by atoms with Crippen LogP contribution in [0, 0.1) is 0 Å². The quantitative estimate of drug-likeness (QED) is 0.0384. The number of allylic oxidation sites excluding steroid dienone is 6. The zero-order valence-electron chi connectivity index (χ0n) is 25.7. The minimum atomic E-state index is -4.60. The molecule has 11 heteroatoms. The summed E-state index contributed by atoms with van der Waals surface area (Å²) in [6, 6.07) is 0. The summed E-state index contributed by atoms with van der Waals surface area (Å²) >= 11 is 0. The summed E-state index contributed by atoms with van der Waals surface area (Å²) in [7, 11) is -4.60. The second kappa shape index (κ2) is 28.0. The summed E-state index contributed by atoms with van der Waals surface area (Å²) in [4.78, 5) is 33.6. The molecule has 3 unspecified atom stereocenters. The van der Waals surface area contributed by atoms with Crippen molar-refractivity contribution in [2.75, 3.05) is 26.4 Å². The Morgan fingerprint density at radius 3 is 1.62 bits per heavy atom. The van der Waals surface area contributed by atoms with Crippen molar-refractivity contribution in [2.24, 2.45) is 0 Å². The lowest BCUT2D eigenvalue weighted by Gasteiger charge is -2.20. The number of hydrogen-bond donors (Lipinski definition) is 3. The van der Waals surface area contributed by atoms with Crippen LogP contribution in [0.4, 0.5) is 0 Å². The molecule has 0 aromatic rings. The first-order valence-electron chi connectivity index (χ1n) is 15.4. The van der Waals surface area contributed by atoms with Crippen molar-refractivity contribution in [1.29, 1.82) is 0 Å². The first kappa shape index (κ1) is 40.2. The van der Waals surface area contributed by atoms with E-state index >= 15 is 0 Å². The molecule has 3 N–H and O–H groups in total. The topological polar surface area (TPSA) is 149 Å². The third-order valence-corrected chi connectivity index (χ3v) is 7.07. The number of phosphoric acid groups is 1. The molecule has 244 valence electrons. The number of esters is 2. The molecule has 0 amide bonds. The lowest BCUT2D eigenvalue weighted by Crippen LogP contribution is -2.28. The van der Waals surface area contributed by atoms with Crippen LogP contribution in [0.5, 0.6) is 0 Å². The Bertz CT molecular complexity index is 812. The molecule has 3 atom stereocenters. The molecule has 0 aliphatic heterocycles. The van der Waals surface area contributed by atoms with E-state index in [9.17, 15) is 29.3 Å². The van der Waals surface area contributed by atoms with E-state index in [0.29, 0.717) is 12.8 Å². The summed E-state index contributed by atoms with van der Waals surface area (Å²) in [6.07, 6.45) is 24.1. The number of phosphoric ester groups is 1. The highest BCUT2D eigenvalue weighted by Crippen LogP contribution is 2.43. The van der Waals surface area contributed by atoms with Crippen molar-refractivity contribution in [3.8, 4) is 0 Å². The van der Waals surface area contributed by atoms with Gasteiger partial charge in [0.05, 0.1) is 26.4 Å². The van der Waals surface area contributed by atoms with Crippen LogP contribution in [0.3, 0.4) is 0 Å². The van der Waals surface area contributed by atoms with E-state index < -0.39 is 58.4 Å². The van der Waals surface area contributed by atoms with Gasteiger partial charge in [-0.1, -0.05) is 88.8 Å². The van der Waals surface area contributed by atoms with E-state index in [0.717, 1.165) is 57.8 Å². The second-order valence-corrected chi connectivity index (χ2v) is 11.5. The molecular weight excluding hydrogens is 563 g/mol. The molecule has 0 saturated carbocycles. The highest BCUT2D eigenvalue weighted by molar-refractivity contribution is 7.47. The number of aliphatic hydroxyl groups is 2. The Hall–Kier alpha value is -1.81. The minimum Gasteiger partial charge on any atom is -0.457 e. The van der Waals surface area contributed by atoms with Gasteiger partial charge in [0.15, 0.2) is 0 Å². The molecule has 10 nitrogen and oxygen atoms in total. The standard InChI is InChI=1S/C31H55O10P/c1-3-5-7-8-9-10-11-12-13-14-15-16-17-18-19-20-21-23-31(35)41-29(25-33)27-39-42(36,37)38-26-28(24-32)40-30(34)22-6-4-2/h5,7,9-10,12-13,28-29,32-33H,3-4,6,8,11,14-27H2,1-2H3,(H,36,37)/b7-5-,10-9-,13-12-. The highest BCUT2D eigenvalue weighted by Gasteiger charge is 2.27. The largest absolute Gasteiger partial charge is 0.472 e. The number of carbonyl (C=O) groups excluding carboxylic acids is 2. The van der Waals surface area contributed by atoms with Gasteiger partial charge in [-0.25, -0.2) is 4.57 Å². The van der Waals surface area contributed by atoms with Crippen LogP contribution >= 0.6 is 7.82 Å². The minimum absolute atomic E-state index is 0.165. The molecule has 0 aromatic carbocycles. The van der Waals surface area contributed by atoms with Gasteiger partial charge >= 0.3 is 19.8 Å². The van der Waals surface area contributed by atoms with Crippen LogP contribution in [-0.2, 0) is 32.7 Å². The normalized spacial score (nSPS) is 14.9. The van der Waals surface area contributed by atoms with E-state index in [1.807, 2.05) is 6.92 Å². The Kier molecular flexibility index (Phi) is 26.8. The van der Waals surface area contributed by atoms with E-state index in [-0.39, 0.29) is 12.8 Å². The summed E-state index contributed by atoms with van der Waals surface area (Å²) in [5, 5.41) is 18.8. The van der Waals surface area contributed by atoms with Crippen LogP contribution in [0.25, 0.3) is 0 Å². The average molecular weight is 619 g/mol. The van der Waals surface area contributed by atoms with Gasteiger partial charge in [-0.15, -0.1) is 0 Å². The van der Waals surface area contributed by atoms with E-state index in [2.05, 4.69) is 43.4 Å². The third-order valence-electron chi connectivity index (χ3n) is 6.12. The van der Waals surface area contributed by atoms with Crippen LogP contribution < -0.4 is 0 Å². The molecular formula is C31H55O10P. The van der Waals surface area contributed by atoms with Gasteiger partial charge in [-0.2, -0.15) is 0 Å². The summed E-state index contributed by atoms with van der Waals surface area (Å²) < 4.78 is 31.8. The number of unbranched alkanes of at least 4 members (excludes halogenated alkanes) is 8. The fraction of sp³-hybridized carbons (Fsp3) is 0.742. The maximum atomic E-state index is 12.1. The first-order chi connectivity index (χ1) is 20.3.